The van der Waals surface area contributed by atoms with E-state index in [1.54, 1.807) is 6.20 Å². The lowest BCUT2D eigenvalue weighted by atomic mass is 9.75. The molecule has 6 nitrogen and oxygen atoms in total. The molecule has 0 aromatic carbocycles. The van der Waals surface area contributed by atoms with Gasteiger partial charge >= 0.3 is 0 Å². The fraction of sp³-hybridized carbons (Fsp3) is 0.750. The van der Waals surface area contributed by atoms with Gasteiger partial charge in [-0.1, -0.05) is 26.2 Å². The van der Waals surface area contributed by atoms with Crippen molar-refractivity contribution in [2.75, 3.05) is 11.9 Å². The highest BCUT2D eigenvalue weighted by Gasteiger charge is 2.26. The Morgan fingerprint density at radius 3 is 2.62 bits per heavy atom. The standard InChI is InChI=1S/C20H32N4O2/c1-3-26-16-9-7-15(8-10-16)23-20-22-12-17(19(21)25)18(24-20)11-13(2)14-5-4-6-14/h12-16H,3-11H2,1-2H3,(H2,21,25)(H,22,23,24). The molecule has 1 heterocycles. The van der Waals surface area contributed by atoms with Gasteiger partial charge in [0.1, 0.15) is 0 Å². The van der Waals surface area contributed by atoms with Crippen molar-refractivity contribution in [1.82, 2.24) is 9.97 Å². The van der Waals surface area contributed by atoms with Gasteiger partial charge in [-0.3, -0.25) is 4.79 Å². The summed E-state index contributed by atoms with van der Waals surface area (Å²) in [5, 5.41) is 3.45. The quantitative estimate of drug-likeness (QED) is 0.742. The average Bonchev–Trinajstić information content (AvgIpc) is 2.55. The summed E-state index contributed by atoms with van der Waals surface area (Å²) < 4.78 is 5.71. The number of ether oxygens (including phenoxy) is 1. The fourth-order valence-corrected chi connectivity index (χ4v) is 4.12. The van der Waals surface area contributed by atoms with Crippen LogP contribution in [0.25, 0.3) is 0 Å². The third-order valence-corrected chi connectivity index (χ3v) is 6.01. The second-order valence-corrected chi connectivity index (χ2v) is 7.86. The summed E-state index contributed by atoms with van der Waals surface area (Å²) >= 11 is 0. The Labute approximate surface area is 156 Å². The average molecular weight is 361 g/mol. The summed E-state index contributed by atoms with van der Waals surface area (Å²) in [7, 11) is 0. The number of carbonyl (C=O) groups excluding carboxylic acids is 1. The number of hydrogen-bond acceptors (Lipinski definition) is 5. The number of nitrogens with two attached hydrogens (primary N) is 1. The maximum Gasteiger partial charge on any atom is 0.252 e. The molecule has 1 atom stereocenters. The van der Waals surface area contributed by atoms with Gasteiger partial charge in [0.2, 0.25) is 5.95 Å². The van der Waals surface area contributed by atoms with Gasteiger partial charge in [-0.05, 0) is 50.9 Å². The van der Waals surface area contributed by atoms with Gasteiger partial charge in [0, 0.05) is 18.8 Å². The van der Waals surface area contributed by atoms with Crippen molar-refractivity contribution >= 4 is 11.9 Å². The third-order valence-electron chi connectivity index (χ3n) is 6.01. The molecule has 2 saturated carbocycles. The number of hydrogen-bond donors (Lipinski definition) is 2. The predicted octanol–water partition coefficient (Wildman–Crippen LogP) is 3.31. The van der Waals surface area contributed by atoms with E-state index in [2.05, 4.69) is 22.2 Å². The van der Waals surface area contributed by atoms with Crippen LogP contribution in [0.3, 0.4) is 0 Å². The molecule has 0 radical (unpaired) electrons. The minimum absolute atomic E-state index is 0.364. The fourth-order valence-electron chi connectivity index (χ4n) is 4.12. The molecule has 26 heavy (non-hydrogen) atoms. The minimum Gasteiger partial charge on any atom is -0.379 e. The molecule has 6 heteroatoms. The molecule has 1 aromatic rings. The van der Waals surface area contributed by atoms with Crippen LogP contribution in [0, 0.1) is 11.8 Å². The number of rotatable bonds is 8. The van der Waals surface area contributed by atoms with Gasteiger partial charge in [0.05, 0.1) is 17.4 Å². The first kappa shape index (κ1) is 19.1. The SMILES string of the molecule is CCOC1CCC(Nc2ncc(C(N)=O)c(CC(C)C3CCC3)n2)CC1. The topological polar surface area (TPSA) is 90.1 Å². The number of primary amides is 1. The van der Waals surface area contributed by atoms with E-state index in [-0.39, 0.29) is 0 Å². The van der Waals surface area contributed by atoms with E-state index in [0.717, 1.165) is 50.3 Å². The van der Waals surface area contributed by atoms with Gasteiger partial charge in [-0.2, -0.15) is 0 Å². The summed E-state index contributed by atoms with van der Waals surface area (Å²) in [6.45, 7) is 5.08. The van der Waals surface area contributed by atoms with Crippen molar-refractivity contribution in [3.63, 3.8) is 0 Å². The normalized spacial score (nSPS) is 24.7. The first-order valence-electron chi connectivity index (χ1n) is 10.1. The molecule has 2 aliphatic rings. The summed E-state index contributed by atoms with van der Waals surface area (Å²) in [4.78, 5) is 20.8. The van der Waals surface area contributed by atoms with Crippen molar-refractivity contribution in [3.05, 3.63) is 17.5 Å². The molecule has 0 spiro atoms. The van der Waals surface area contributed by atoms with E-state index in [4.69, 9.17) is 10.5 Å². The number of aromatic nitrogens is 2. The lowest BCUT2D eigenvalue weighted by Crippen LogP contribution is -2.31. The van der Waals surface area contributed by atoms with E-state index in [9.17, 15) is 4.79 Å². The Hall–Kier alpha value is -1.69. The molecule has 2 fully saturated rings. The highest BCUT2D eigenvalue weighted by Crippen LogP contribution is 2.35. The zero-order valence-corrected chi connectivity index (χ0v) is 16.0. The summed E-state index contributed by atoms with van der Waals surface area (Å²) in [5.41, 5.74) is 6.79. The lowest BCUT2D eigenvalue weighted by molar-refractivity contribution is 0.0346. The molecule has 1 unspecified atom stereocenters. The molecular weight excluding hydrogens is 328 g/mol. The molecule has 0 bridgehead atoms. The summed E-state index contributed by atoms with van der Waals surface area (Å²) in [6, 6.07) is 0.364. The molecule has 1 aromatic heterocycles. The van der Waals surface area contributed by atoms with E-state index >= 15 is 0 Å². The lowest BCUT2D eigenvalue weighted by Gasteiger charge is -2.31. The molecule has 3 rings (SSSR count). The van der Waals surface area contributed by atoms with Crippen LogP contribution in [0.5, 0.6) is 0 Å². The van der Waals surface area contributed by atoms with Crippen LogP contribution < -0.4 is 11.1 Å². The number of amides is 1. The van der Waals surface area contributed by atoms with Crippen LogP contribution in [0.15, 0.2) is 6.20 Å². The van der Waals surface area contributed by atoms with Gasteiger partial charge in [0.25, 0.3) is 5.91 Å². The zero-order chi connectivity index (χ0) is 18.5. The molecule has 3 N–H and O–H groups in total. The summed E-state index contributed by atoms with van der Waals surface area (Å²) in [5.74, 6) is 1.44. The second kappa shape index (κ2) is 8.80. The molecule has 0 aliphatic heterocycles. The van der Waals surface area contributed by atoms with Gasteiger partial charge in [-0.15, -0.1) is 0 Å². The van der Waals surface area contributed by atoms with Crippen molar-refractivity contribution in [3.8, 4) is 0 Å². The minimum atomic E-state index is -0.440. The van der Waals surface area contributed by atoms with E-state index in [1.807, 2.05) is 6.92 Å². The first-order chi connectivity index (χ1) is 12.6. The number of carbonyl (C=O) groups is 1. The van der Waals surface area contributed by atoms with Crippen molar-refractivity contribution in [2.24, 2.45) is 17.6 Å². The Balaban J connectivity index is 1.64. The van der Waals surface area contributed by atoms with Crippen molar-refractivity contribution < 1.29 is 9.53 Å². The predicted molar refractivity (Wildman–Crippen MR) is 102 cm³/mol. The highest BCUT2D eigenvalue weighted by atomic mass is 16.5. The molecule has 144 valence electrons. The van der Waals surface area contributed by atoms with Crippen LogP contribution in [-0.4, -0.2) is 34.6 Å². The summed E-state index contributed by atoms with van der Waals surface area (Å²) in [6.07, 6.45) is 10.9. The Morgan fingerprint density at radius 1 is 1.31 bits per heavy atom. The van der Waals surface area contributed by atoms with E-state index in [0.29, 0.717) is 29.6 Å². The van der Waals surface area contributed by atoms with Crippen LogP contribution >= 0.6 is 0 Å². The number of nitrogens with zero attached hydrogens (tertiary/aromatic N) is 2. The number of nitrogens with one attached hydrogen (secondary N) is 1. The molecule has 2 aliphatic carbocycles. The molecular formula is C20H32N4O2. The van der Waals surface area contributed by atoms with Crippen molar-refractivity contribution in [1.29, 1.82) is 0 Å². The maximum atomic E-state index is 11.8. The van der Waals surface area contributed by atoms with E-state index in [1.165, 1.54) is 19.3 Å². The second-order valence-electron chi connectivity index (χ2n) is 7.86. The number of anilines is 1. The Bertz CT molecular complexity index is 610. The van der Waals surface area contributed by atoms with Crippen LogP contribution in [-0.2, 0) is 11.2 Å². The largest absolute Gasteiger partial charge is 0.379 e. The molecule has 0 saturated heterocycles. The van der Waals surface area contributed by atoms with Gasteiger partial charge in [0.15, 0.2) is 0 Å². The smallest absolute Gasteiger partial charge is 0.252 e. The Morgan fingerprint density at radius 2 is 2.04 bits per heavy atom. The van der Waals surface area contributed by atoms with Crippen LogP contribution in [0.2, 0.25) is 0 Å². The van der Waals surface area contributed by atoms with Crippen LogP contribution in [0.1, 0.15) is 74.8 Å². The monoisotopic (exact) mass is 360 g/mol. The van der Waals surface area contributed by atoms with E-state index < -0.39 is 5.91 Å². The molecule has 1 amide bonds. The van der Waals surface area contributed by atoms with Crippen molar-refractivity contribution in [2.45, 2.75) is 77.4 Å². The maximum absolute atomic E-state index is 11.8. The zero-order valence-electron chi connectivity index (χ0n) is 16.0. The Kier molecular flexibility index (Phi) is 6.46. The van der Waals surface area contributed by atoms with Crippen LogP contribution in [0.4, 0.5) is 5.95 Å². The van der Waals surface area contributed by atoms with Gasteiger partial charge < -0.3 is 15.8 Å². The third kappa shape index (κ3) is 4.72. The highest BCUT2D eigenvalue weighted by molar-refractivity contribution is 5.93. The van der Waals surface area contributed by atoms with Gasteiger partial charge in [-0.25, -0.2) is 9.97 Å². The first-order valence-corrected chi connectivity index (χ1v) is 10.1.